The number of alkyl halides is 2. The summed E-state index contributed by atoms with van der Waals surface area (Å²) in [4.78, 5) is 37.9. The molecule has 0 radical (unpaired) electrons. The van der Waals surface area contributed by atoms with Crippen molar-refractivity contribution in [2.75, 3.05) is 18.5 Å². The second kappa shape index (κ2) is 13.7. The molecule has 0 bridgehead atoms. The van der Waals surface area contributed by atoms with E-state index < -0.39 is 44.3 Å². The molecule has 2 unspecified atom stereocenters. The molecule has 42 heavy (non-hydrogen) atoms. The van der Waals surface area contributed by atoms with Crippen molar-refractivity contribution in [3.8, 4) is 0 Å². The van der Waals surface area contributed by atoms with Crippen LogP contribution < -0.4 is 10.6 Å². The largest absolute Gasteiger partial charge is 0.381 e. The van der Waals surface area contributed by atoms with Gasteiger partial charge in [-0.15, -0.1) is 11.3 Å². The van der Waals surface area contributed by atoms with Gasteiger partial charge < -0.3 is 15.4 Å². The minimum Gasteiger partial charge on any atom is -0.381 e. The standard InChI is InChI=1S/C28H33F2N5O5S2/c1-3-28(29,30)42(38,39)22-8-4-7-21(14-22)35-26(37)24-16-31-27(41-24)18(2)34-25(36)23-15-20(32-17-33-23)10-9-19-6-5-12-40-13-11-19/h4,7-8,14-19H,3,5-6,9-13H2,1-2H3,(H,34,36)(H,35,37). The molecule has 1 aliphatic rings. The number of aryl methyl sites for hydroxylation is 1. The number of carbonyl (C=O) groups excluding carboxylic acids is 2. The van der Waals surface area contributed by atoms with E-state index in [1.165, 1.54) is 24.7 Å². The average molecular weight is 622 g/mol. The first-order chi connectivity index (χ1) is 20.0. The Hall–Kier alpha value is -3.36. The Morgan fingerprint density at radius 3 is 2.74 bits per heavy atom. The van der Waals surface area contributed by atoms with Crippen LogP contribution in [0.25, 0.3) is 0 Å². The highest BCUT2D eigenvalue weighted by molar-refractivity contribution is 7.92. The van der Waals surface area contributed by atoms with Crippen LogP contribution in [0.15, 0.2) is 47.8 Å². The van der Waals surface area contributed by atoms with Crippen LogP contribution in [-0.4, -0.2) is 53.7 Å². The second-order valence-electron chi connectivity index (χ2n) is 10.1. The van der Waals surface area contributed by atoms with Crippen molar-refractivity contribution < 1.29 is 31.5 Å². The van der Waals surface area contributed by atoms with Gasteiger partial charge in [0.2, 0.25) is 9.84 Å². The molecule has 2 amide bonds. The van der Waals surface area contributed by atoms with Crippen LogP contribution in [0.4, 0.5) is 14.5 Å². The zero-order chi connectivity index (χ0) is 30.3. The maximum absolute atomic E-state index is 14.0. The van der Waals surface area contributed by atoms with Crippen molar-refractivity contribution in [1.29, 1.82) is 0 Å². The van der Waals surface area contributed by atoms with Gasteiger partial charge in [-0.3, -0.25) is 9.59 Å². The summed E-state index contributed by atoms with van der Waals surface area (Å²) < 4.78 is 58.0. The van der Waals surface area contributed by atoms with Crippen LogP contribution in [0.3, 0.4) is 0 Å². The number of nitrogens with one attached hydrogen (secondary N) is 2. The lowest BCUT2D eigenvalue weighted by molar-refractivity contribution is 0.0877. The van der Waals surface area contributed by atoms with Crippen LogP contribution in [-0.2, 0) is 21.0 Å². The Balaban J connectivity index is 1.35. The van der Waals surface area contributed by atoms with Crippen molar-refractivity contribution in [3.05, 3.63) is 64.1 Å². The van der Waals surface area contributed by atoms with Crippen molar-refractivity contribution >= 4 is 38.7 Å². The van der Waals surface area contributed by atoms with Crippen molar-refractivity contribution in [3.63, 3.8) is 0 Å². The maximum atomic E-state index is 14.0. The molecule has 3 aromatic rings. The number of amides is 2. The van der Waals surface area contributed by atoms with E-state index in [1.54, 1.807) is 13.0 Å². The number of benzene rings is 1. The Kier molecular flexibility index (Phi) is 10.3. The Bertz CT molecular complexity index is 1510. The Morgan fingerprint density at radius 2 is 1.95 bits per heavy atom. The van der Waals surface area contributed by atoms with Crippen molar-refractivity contribution in [1.82, 2.24) is 20.3 Å². The number of thiazole rings is 1. The van der Waals surface area contributed by atoms with Crippen LogP contribution in [0.1, 0.15) is 82.9 Å². The van der Waals surface area contributed by atoms with Gasteiger partial charge in [0.25, 0.3) is 11.8 Å². The van der Waals surface area contributed by atoms with Crippen LogP contribution in [0.5, 0.6) is 0 Å². The van der Waals surface area contributed by atoms with Crippen LogP contribution in [0.2, 0.25) is 0 Å². The molecule has 2 aromatic heterocycles. The van der Waals surface area contributed by atoms with E-state index in [0.29, 0.717) is 10.9 Å². The number of sulfone groups is 1. The molecule has 226 valence electrons. The fourth-order valence-corrected chi connectivity index (χ4v) is 6.57. The lowest BCUT2D eigenvalue weighted by Gasteiger charge is -2.15. The molecular formula is C28H33F2N5O5S2. The number of ether oxygens (including phenoxy) is 1. The van der Waals surface area contributed by atoms with Crippen molar-refractivity contribution in [2.45, 2.75) is 68.6 Å². The maximum Gasteiger partial charge on any atom is 0.349 e. The molecule has 2 N–H and O–H groups in total. The van der Waals surface area contributed by atoms with Crippen molar-refractivity contribution in [2.24, 2.45) is 5.92 Å². The van der Waals surface area contributed by atoms with E-state index in [0.717, 1.165) is 81.4 Å². The number of carbonyl (C=O) groups is 2. The number of halogens is 2. The molecule has 1 fully saturated rings. The predicted molar refractivity (Wildman–Crippen MR) is 153 cm³/mol. The van der Waals surface area contributed by atoms with Gasteiger partial charge in [0.1, 0.15) is 21.9 Å². The number of hydrogen-bond acceptors (Lipinski definition) is 9. The fourth-order valence-electron chi connectivity index (χ4n) is 4.49. The number of hydrogen-bond donors (Lipinski definition) is 2. The normalized spacial score (nSPS) is 16.8. The smallest absolute Gasteiger partial charge is 0.349 e. The monoisotopic (exact) mass is 621 g/mol. The van der Waals surface area contributed by atoms with E-state index in [4.69, 9.17) is 4.74 Å². The molecule has 0 aliphatic carbocycles. The van der Waals surface area contributed by atoms with Crippen LogP contribution in [0, 0.1) is 5.92 Å². The zero-order valence-corrected chi connectivity index (χ0v) is 24.9. The van der Waals surface area contributed by atoms with Gasteiger partial charge in [-0.25, -0.2) is 23.4 Å². The molecule has 1 aromatic carbocycles. The highest BCUT2D eigenvalue weighted by atomic mass is 32.2. The minimum atomic E-state index is -4.91. The molecule has 2 atom stereocenters. The first-order valence-corrected chi connectivity index (χ1v) is 16.0. The van der Waals surface area contributed by atoms with E-state index in [9.17, 15) is 26.8 Å². The number of nitrogens with zero attached hydrogens (tertiary/aromatic N) is 3. The zero-order valence-electron chi connectivity index (χ0n) is 23.3. The first kappa shape index (κ1) is 31.6. The molecule has 0 saturated carbocycles. The molecule has 1 aliphatic heterocycles. The van der Waals surface area contributed by atoms with Gasteiger partial charge in [-0.1, -0.05) is 13.0 Å². The van der Waals surface area contributed by atoms with E-state index >= 15 is 0 Å². The lowest BCUT2D eigenvalue weighted by atomic mass is 9.94. The van der Waals surface area contributed by atoms with Gasteiger partial charge in [-0.2, -0.15) is 8.78 Å². The fraction of sp³-hybridized carbons (Fsp3) is 0.464. The topological polar surface area (TPSA) is 140 Å². The first-order valence-electron chi connectivity index (χ1n) is 13.7. The summed E-state index contributed by atoms with van der Waals surface area (Å²) in [6, 6.07) is 5.85. The van der Waals surface area contributed by atoms with E-state index in [-0.39, 0.29) is 16.3 Å². The quantitative estimate of drug-likeness (QED) is 0.298. The average Bonchev–Trinajstić information content (AvgIpc) is 3.34. The summed E-state index contributed by atoms with van der Waals surface area (Å²) in [6.45, 7) is 4.38. The second-order valence-corrected chi connectivity index (χ2v) is 13.2. The lowest BCUT2D eigenvalue weighted by Crippen LogP contribution is -2.28. The summed E-state index contributed by atoms with van der Waals surface area (Å²) in [5, 5.41) is 1.87. The molecule has 10 nitrogen and oxygen atoms in total. The van der Waals surface area contributed by atoms with Gasteiger partial charge in [0.05, 0.1) is 17.1 Å². The highest BCUT2D eigenvalue weighted by Gasteiger charge is 2.44. The molecule has 14 heteroatoms. The summed E-state index contributed by atoms with van der Waals surface area (Å²) in [5.41, 5.74) is 1.06. The molecule has 1 saturated heterocycles. The van der Waals surface area contributed by atoms with E-state index in [1.807, 2.05) is 0 Å². The van der Waals surface area contributed by atoms with Crippen LogP contribution >= 0.6 is 11.3 Å². The van der Waals surface area contributed by atoms with Gasteiger partial charge >= 0.3 is 5.25 Å². The summed E-state index contributed by atoms with van der Waals surface area (Å²) in [7, 11) is -4.91. The van der Waals surface area contributed by atoms with Gasteiger partial charge in [-0.05, 0) is 69.2 Å². The molecule has 3 heterocycles. The van der Waals surface area contributed by atoms with Gasteiger partial charge in [0, 0.05) is 31.0 Å². The predicted octanol–water partition coefficient (Wildman–Crippen LogP) is 5.20. The van der Waals surface area contributed by atoms with E-state index in [2.05, 4.69) is 25.6 Å². The third kappa shape index (κ3) is 7.72. The van der Waals surface area contributed by atoms with Gasteiger partial charge in [0.15, 0.2) is 0 Å². The number of aromatic nitrogens is 3. The SMILES string of the molecule is CCC(F)(F)S(=O)(=O)c1cccc(NC(=O)c2cnc(C(C)NC(=O)c3cc(CCC4CCCOCC4)ncn3)s2)c1. The molecule has 0 spiro atoms. The summed E-state index contributed by atoms with van der Waals surface area (Å²) in [5.74, 6) is -0.439. The minimum absolute atomic E-state index is 0.0382. The Labute approximate surface area is 247 Å². The summed E-state index contributed by atoms with van der Waals surface area (Å²) in [6.07, 6.45) is 6.73. The third-order valence-electron chi connectivity index (χ3n) is 7.01. The molecular weight excluding hydrogens is 588 g/mol. The molecule has 4 rings (SSSR count). The number of rotatable bonds is 11. The summed E-state index contributed by atoms with van der Waals surface area (Å²) >= 11 is 1.03. The number of anilines is 1. The highest BCUT2D eigenvalue weighted by Crippen LogP contribution is 2.33. The Morgan fingerprint density at radius 1 is 1.14 bits per heavy atom. The third-order valence-corrected chi connectivity index (χ3v) is 10.1.